The minimum Gasteiger partial charge on any atom is -0.502 e. The Bertz CT molecular complexity index is 1350. The second kappa shape index (κ2) is 7.27. The van der Waals surface area contributed by atoms with Gasteiger partial charge in [-0.2, -0.15) is 0 Å². The van der Waals surface area contributed by atoms with Crippen molar-refractivity contribution < 1.29 is 23.5 Å². The summed E-state index contributed by atoms with van der Waals surface area (Å²) in [6, 6.07) is 13.0. The third-order valence-corrected chi connectivity index (χ3v) is 4.80. The first-order valence-electron chi connectivity index (χ1n) is 8.83. The summed E-state index contributed by atoms with van der Waals surface area (Å²) >= 11 is 0. The fourth-order valence-corrected chi connectivity index (χ4v) is 3.31. The zero-order valence-corrected chi connectivity index (χ0v) is 15.4. The predicted octanol–water partition coefficient (Wildman–Crippen LogP) is 3.30. The fourth-order valence-electron chi connectivity index (χ4n) is 3.31. The number of para-hydroxylation sites is 2. The molecule has 4 aromatic rings. The molecule has 2 aromatic carbocycles. The van der Waals surface area contributed by atoms with Crippen molar-refractivity contribution in [3.05, 3.63) is 86.6 Å². The fraction of sp³-hybridized carbons (Fsp3) is 0.136. The Morgan fingerprint density at radius 3 is 2.31 bits per heavy atom. The van der Waals surface area contributed by atoms with Crippen LogP contribution in [0.4, 0.5) is 0 Å². The summed E-state index contributed by atoms with van der Waals surface area (Å²) in [5.74, 6) is -2.56. The van der Waals surface area contributed by atoms with Gasteiger partial charge in [-0.3, -0.25) is 14.4 Å². The Labute approximate surface area is 163 Å². The highest BCUT2D eigenvalue weighted by Gasteiger charge is 2.30. The lowest BCUT2D eigenvalue weighted by molar-refractivity contribution is -0.140. The maximum atomic E-state index is 13.1. The van der Waals surface area contributed by atoms with Crippen LogP contribution in [0, 0.1) is 0 Å². The van der Waals surface area contributed by atoms with Gasteiger partial charge in [-0.05, 0) is 24.3 Å². The smallest absolute Gasteiger partial charge is 0.306 e. The second-order valence-electron chi connectivity index (χ2n) is 6.49. The highest BCUT2D eigenvalue weighted by atomic mass is 16.5. The molecule has 146 valence electrons. The summed E-state index contributed by atoms with van der Waals surface area (Å²) in [6.45, 7) is 0. The van der Waals surface area contributed by atoms with Gasteiger partial charge in [0.25, 0.3) is 0 Å². The number of rotatable bonds is 4. The van der Waals surface area contributed by atoms with E-state index >= 15 is 0 Å². The van der Waals surface area contributed by atoms with Crippen molar-refractivity contribution in [3.63, 3.8) is 0 Å². The van der Waals surface area contributed by atoms with Gasteiger partial charge in [-0.15, -0.1) is 0 Å². The molecule has 0 aliphatic rings. The molecule has 0 bridgehead atoms. The van der Waals surface area contributed by atoms with Crippen LogP contribution in [0.3, 0.4) is 0 Å². The molecule has 0 saturated heterocycles. The highest BCUT2D eigenvalue weighted by Crippen LogP contribution is 2.34. The molecule has 2 aromatic heterocycles. The number of esters is 1. The molecule has 0 amide bonds. The third-order valence-electron chi connectivity index (χ3n) is 4.80. The number of hydrogen-bond acceptors (Lipinski definition) is 7. The minimum atomic E-state index is -1.07. The molecule has 1 N–H and O–H groups in total. The van der Waals surface area contributed by atoms with Crippen LogP contribution in [0.5, 0.6) is 5.75 Å². The molecule has 0 fully saturated rings. The Kier molecular flexibility index (Phi) is 4.64. The van der Waals surface area contributed by atoms with Crippen molar-refractivity contribution in [2.45, 2.75) is 12.3 Å². The molecule has 7 heteroatoms. The van der Waals surface area contributed by atoms with Crippen LogP contribution in [-0.4, -0.2) is 18.2 Å². The minimum absolute atomic E-state index is 0.0721. The molecule has 29 heavy (non-hydrogen) atoms. The number of carbonyl (C=O) groups is 1. The summed E-state index contributed by atoms with van der Waals surface area (Å²) in [5, 5.41) is 11.0. The second-order valence-corrected chi connectivity index (χ2v) is 6.49. The molecule has 0 aliphatic heterocycles. The Hall–Kier alpha value is -3.87. The van der Waals surface area contributed by atoms with Crippen LogP contribution in [0.15, 0.2) is 73.2 Å². The van der Waals surface area contributed by atoms with Crippen LogP contribution in [0.1, 0.15) is 23.7 Å². The van der Waals surface area contributed by atoms with Gasteiger partial charge < -0.3 is 18.7 Å². The summed E-state index contributed by atoms with van der Waals surface area (Å²) in [5.41, 5.74) is -0.367. The summed E-state index contributed by atoms with van der Waals surface area (Å²) in [7, 11) is 1.21. The number of ether oxygens (including phenoxy) is 1. The molecule has 7 nitrogen and oxygen atoms in total. The maximum Gasteiger partial charge on any atom is 0.306 e. The largest absolute Gasteiger partial charge is 0.502 e. The highest BCUT2D eigenvalue weighted by molar-refractivity contribution is 5.80. The van der Waals surface area contributed by atoms with E-state index in [1.165, 1.54) is 19.4 Å². The van der Waals surface area contributed by atoms with E-state index in [0.717, 1.165) is 0 Å². The monoisotopic (exact) mass is 392 g/mol. The average Bonchev–Trinajstić information content (AvgIpc) is 2.75. The zero-order valence-electron chi connectivity index (χ0n) is 15.4. The van der Waals surface area contributed by atoms with E-state index in [2.05, 4.69) is 0 Å². The number of carbonyl (C=O) groups excluding carboxylic acids is 1. The summed E-state index contributed by atoms with van der Waals surface area (Å²) < 4.78 is 16.0. The van der Waals surface area contributed by atoms with E-state index in [0.29, 0.717) is 11.0 Å². The van der Waals surface area contributed by atoms with Gasteiger partial charge in [0, 0.05) is 5.56 Å². The Morgan fingerprint density at radius 1 is 1.00 bits per heavy atom. The first-order chi connectivity index (χ1) is 14.0. The van der Waals surface area contributed by atoms with Gasteiger partial charge in [0.1, 0.15) is 11.2 Å². The van der Waals surface area contributed by atoms with Crippen molar-refractivity contribution >= 4 is 27.9 Å². The lowest BCUT2D eigenvalue weighted by Crippen LogP contribution is -2.19. The number of hydrogen-bond donors (Lipinski definition) is 1. The van der Waals surface area contributed by atoms with Gasteiger partial charge in [-0.1, -0.05) is 24.3 Å². The normalized spacial score (nSPS) is 12.2. The number of methoxy groups -OCH3 is 1. The van der Waals surface area contributed by atoms with E-state index < -0.39 is 28.5 Å². The van der Waals surface area contributed by atoms with Crippen molar-refractivity contribution in [2.75, 3.05) is 7.11 Å². The van der Waals surface area contributed by atoms with Crippen LogP contribution < -0.4 is 10.9 Å². The zero-order chi connectivity index (χ0) is 20.5. The van der Waals surface area contributed by atoms with E-state index in [4.69, 9.17) is 13.6 Å². The molecule has 0 aliphatic carbocycles. The molecule has 1 atom stereocenters. The van der Waals surface area contributed by atoms with Crippen LogP contribution in [-0.2, 0) is 9.53 Å². The van der Waals surface area contributed by atoms with Crippen molar-refractivity contribution in [1.29, 1.82) is 0 Å². The number of fused-ring (bicyclic) bond motifs is 2. The summed E-state index contributed by atoms with van der Waals surface area (Å²) in [4.78, 5) is 37.7. The molecular formula is C22H16O7. The molecule has 4 rings (SSSR count). The number of aromatic hydroxyl groups is 1. The van der Waals surface area contributed by atoms with Crippen LogP contribution in [0.25, 0.3) is 21.9 Å². The molecule has 0 saturated carbocycles. The van der Waals surface area contributed by atoms with E-state index in [1.807, 2.05) is 0 Å². The maximum absolute atomic E-state index is 13.1. The van der Waals surface area contributed by atoms with E-state index in [9.17, 15) is 19.5 Å². The lowest BCUT2D eigenvalue weighted by atomic mass is 9.92. The van der Waals surface area contributed by atoms with Gasteiger partial charge in [0.2, 0.25) is 11.2 Å². The molecular weight excluding hydrogens is 376 g/mol. The Balaban J connectivity index is 1.99. The average molecular weight is 392 g/mol. The number of benzene rings is 2. The standard InChI is InChI=1S/C22H16O7/c1-27-18(23)10-14(15-11-28-16-8-4-2-6-12(16)19(15)24)22-21(26)20(25)13-7-3-5-9-17(13)29-22/h2-9,11,14,26H,10H2,1H3/t14-/m0/s1. The van der Waals surface area contributed by atoms with Crippen LogP contribution >= 0.6 is 0 Å². The van der Waals surface area contributed by atoms with Crippen molar-refractivity contribution in [1.82, 2.24) is 0 Å². The quantitative estimate of drug-likeness (QED) is 0.531. The SMILES string of the molecule is COC(=O)C[C@H](c1oc2ccccc2c(=O)c1O)c1coc2ccccc2c1=O. The van der Waals surface area contributed by atoms with Gasteiger partial charge in [0.15, 0.2) is 11.2 Å². The third kappa shape index (κ3) is 3.16. The molecule has 0 radical (unpaired) electrons. The lowest BCUT2D eigenvalue weighted by Gasteiger charge is -2.16. The van der Waals surface area contributed by atoms with Crippen molar-refractivity contribution in [2.24, 2.45) is 0 Å². The predicted molar refractivity (Wildman–Crippen MR) is 105 cm³/mol. The summed E-state index contributed by atoms with van der Waals surface area (Å²) in [6.07, 6.45) is 0.890. The van der Waals surface area contributed by atoms with Crippen LogP contribution in [0.2, 0.25) is 0 Å². The first-order valence-corrected chi connectivity index (χ1v) is 8.83. The van der Waals surface area contributed by atoms with Crippen molar-refractivity contribution in [3.8, 4) is 5.75 Å². The van der Waals surface area contributed by atoms with Gasteiger partial charge >= 0.3 is 5.97 Å². The molecule has 0 spiro atoms. The van der Waals surface area contributed by atoms with E-state index in [-0.39, 0.29) is 28.7 Å². The molecule has 2 heterocycles. The van der Waals surface area contributed by atoms with Gasteiger partial charge in [-0.25, -0.2) is 0 Å². The topological polar surface area (TPSA) is 107 Å². The van der Waals surface area contributed by atoms with E-state index in [1.54, 1.807) is 42.5 Å². The van der Waals surface area contributed by atoms with Gasteiger partial charge in [0.05, 0.1) is 36.5 Å². The Morgan fingerprint density at radius 2 is 1.62 bits per heavy atom. The first kappa shape index (κ1) is 18.5. The molecule has 0 unspecified atom stereocenters.